The van der Waals surface area contributed by atoms with E-state index in [0.717, 1.165) is 0 Å². The van der Waals surface area contributed by atoms with Crippen LogP contribution in [0.2, 0.25) is 0 Å². The number of aromatic amines is 1. The van der Waals surface area contributed by atoms with Crippen LogP contribution in [-0.4, -0.2) is 22.6 Å². The number of nitrogens with zero attached hydrogens (tertiary/aromatic N) is 1. The summed E-state index contributed by atoms with van der Waals surface area (Å²) < 4.78 is 1.24. The smallest absolute Gasteiger partial charge is 0.291 e. The van der Waals surface area contributed by atoms with Crippen LogP contribution in [0, 0.1) is 0 Å². The molecule has 0 aliphatic rings. The number of carbonyl (C=O) groups excluding carboxylic acids is 1. The molecule has 0 spiro atoms. The lowest BCUT2D eigenvalue weighted by molar-refractivity contribution is -0.106. The highest BCUT2D eigenvalue weighted by Crippen LogP contribution is 2.06. The van der Waals surface area contributed by atoms with E-state index >= 15 is 0 Å². The molecule has 0 aliphatic carbocycles. The van der Waals surface area contributed by atoms with E-state index < -0.39 is 0 Å². The average Bonchev–Trinajstić information content (AvgIpc) is 2.25. The zero-order chi connectivity index (χ0) is 9.14. The molecule has 1 rings (SSSR count). The standard InChI is InChI=1S/C6H10N4O2/c1-10-6(12)4(5(7)9-10)8-2-3-11/h3,8-9H,2,7H2,1H3. The van der Waals surface area contributed by atoms with Crippen LogP contribution in [0.25, 0.3) is 0 Å². The molecule has 0 bridgehead atoms. The molecular weight excluding hydrogens is 160 g/mol. The number of hydrogen-bond acceptors (Lipinski definition) is 4. The van der Waals surface area contributed by atoms with Gasteiger partial charge in [-0.25, -0.2) is 0 Å². The van der Waals surface area contributed by atoms with Gasteiger partial charge in [0.2, 0.25) is 0 Å². The van der Waals surface area contributed by atoms with Crippen molar-refractivity contribution in [2.45, 2.75) is 0 Å². The second-order valence-electron chi connectivity index (χ2n) is 2.31. The van der Waals surface area contributed by atoms with E-state index in [2.05, 4.69) is 10.4 Å². The van der Waals surface area contributed by atoms with Crippen molar-refractivity contribution in [2.24, 2.45) is 7.05 Å². The molecule has 1 heterocycles. The summed E-state index contributed by atoms with van der Waals surface area (Å²) >= 11 is 0. The number of aldehydes is 1. The maximum atomic E-state index is 11.2. The molecule has 12 heavy (non-hydrogen) atoms. The SMILES string of the molecule is Cn1[nH]c(N)c(NCC=O)c1=O. The van der Waals surface area contributed by atoms with Gasteiger partial charge in [0.05, 0.1) is 6.54 Å². The lowest BCUT2D eigenvalue weighted by Gasteiger charge is -1.95. The Balaban J connectivity index is 2.97. The van der Waals surface area contributed by atoms with E-state index in [4.69, 9.17) is 5.73 Å². The monoisotopic (exact) mass is 170 g/mol. The molecule has 6 nitrogen and oxygen atoms in total. The topological polar surface area (TPSA) is 92.9 Å². The van der Waals surface area contributed by atoms with Gasteiger partial charge in [0, 0.05) is 7.05 Å². The molecule has 0 aliphatic heterocycles. The molecule has 1 aromatic rings. The Labute approximate surface area is 68.3 Å². The van der Waals surface area contributed by atoms with Gasteiger partial charge in [-0.2, -0.15) is 0 Å². The number of H-pyrrole nitrogens is 1. The number of aryl methyl sites for hydroxylation is 1. The normalized spacial score (nSPS) is 9.75. The number of carbonyl (C=O) groups is 1. The molecule has 0 radical (unpaired) electrons. The lowest BCUT2D eigenvalue weighted by atomic mass is 10.5. The molecular formula is C6H10N4O2. The van der Waals surface area contributed by atoms with Crippen molar-refractivity contribution in [2.75, 3.05) is 17.6 Å². The number of nitrogen functional groups attached to an aromatic ring is 1. The molecule has 1 aromatic heterocycles. The van der Waals surface area contributed by atoms with Crippen LogP contribution < -0.4 is 16.6 Å². The fourth-order valence-electron chi connectivity index (χ4n) is 0.885. The van der Waals surface area contributed by atoms with Gasteiger partial charge in [0.15, 0.2) is 0 Å². The predicted molar refractivity (Wildman–Crippen MR) is 45.0 cm³/mol. The van der Waals surface area contributed by atoms with Gasteiger partial charge in [0.25, 0.3) is 5.56 Å². The van der Waals surface area contributed by atoms with Crippen molar-refractivity contribution in [3.05, 3.63) is 10.4 Å². The Morgan fingerprint density at radius 1 is 1.75 bits per heavy atom. The first kappa shape index (κ1) is 8.38. The Bertz CT molecular complexity index is 338. The summed E-state index contributed by atoms with van der Waals surface area (Å²) in [5.41, 5.74) is 5.40. The average molecular weight is 170 g/mol. The number of aromatic nitrogens is 2. The minimum atomic E-state index is -0.269. The largest absolute Gasteiger partial charge is 0.382 e. The Kier molecular flexibility index (Phi) is 2.18. The number of nitrogens with two attached hydrogens (primary N) is 1. The first-order chi connectivity index (χ1) is 5.66. The maximum absolute atomic E-state index is 11.2. The van der Waals surface area contributed by atoms with Crippen LogP contribution in [-0.2, 0) is 11.8 Å². The van der Waals surface area contributed by atoms with Gasteiger partial charge < -0.3 is 15.8 Å². The van der Waals surface area contributed by atoms with E-state index in [9.17, 15) is 9.59 Å². The molecule has 0 unspecified atom stereocenters. The van der Waals surface area contributed by atoms with E-state index in [1.807, 2.05) is 0 Å². The van der Waals surface area contributed by atoms with E-state index in [-0.39, 0.29) is 23.6 Å². The first-order valence-electron chi connectivity index (χ1n) is 3.38. The van der Waals surface area contributed by atoms with Gasteiger partial charge >= 0.3 is 0 Å². The summed E-state index contributed by atoms with van der Waals surface area (Å²) in [6, 6.07) is 0. The maximum Gasteiger partial charge on any atom is 0.291 e. The van der Waals surface area contributed by atoms with Gasteiger partial charge in [-0.15, -0.1) is 0 Å². The van der Waals surface area contributed by atoms with Crippen molar-refractivity contribution in [1.82, 2.24) is 9.78 Å². The minimum Gasteiger partial charge on any atom is -0.382 e. The zero-order valence-electron chi connectivity index (χ0n) is 6.63. The number of nitrogens with one attached hydrogen (secondary N) is 2. The molecule has 0 amide bonds. The highest BCUT2D eigenvalue weighted by atomic mass is 16.1. The number of rotatable bonds is 3. The van der Waals surface area contributed by atoms with Crippen LogP contribution in [0.1, 0.15) is 0 Å². The Hall–Kier alpha value is -1.72. The van der Waals surface area contributed by atoms with Crippen LogP contribution in [0.5, 0.6) is 0 Å². The third kappa shape index (κ3) is 1.31. The predicted octanol–water partition coefficient (Wildman–Crippen LogP) is -1.09. The number of hydrogen-bond donors (Lipinski definition) is 3. The van der Waals surface area contributed by atoms with Gasteiger partial charge in [0.1, 0.15) is 17.8 Å². The summed E-state index contributed by atoms with van der Waals surface area (Å²) in [7, 11) is 1.55. The molecule has 0 fully saturated rings. The van der Waals surface area contributed by atoms with Crippen LogP contribution in [0.4, 0.5) is 11.5 Å². The molecule has 6 heteroatoms. The molecule has 66 valence electrons. The van der Waals surface area contributed by atoms with Crippen molar-refractivity contribution in [3.63, 3.8) is 0 Å². The van der Waals surface area contributed by atoms with Crippen molar-refractivity contribution >= 4 is 17.8 Å². The van der Waals surface area contributed by atoms with Crippen LogP contribution >= 0.6 is 0 Å². The van der Waals surface area contributed by atoms with Crippen LogP contribution in [0.3, 0.4) is 0 Å². The lowest BCUT2D eigenvalue weighted by Crippen LogP contribution is -2.17. The second-order valence-corrected chi connectivity index (χ2v) is 2.31. The van der Waals surface area contributed by atoms with Crippen molar-refractivity contribution < 1.29 is 4.79 Å². The fourth-order valence-corrected chi connectivity index (χ4v) is 0.885. The first-order valence-corrected chi connectivity index (χ1v) is 3.38. The van der Waals surface area contributed by atoms with E-state index in [1.165, 1.54) is 4.68 Å². The molecule has 0 saturated heterocycles. The summed E-state index contributed by atoms with van der Waals surface area (Å²) in [5, 5.41) is 5.18. The van der Waals surface area contributed by atoms with Gasteiger partial charge in [-0.1, -0.05) is 0 Å². The summed E-state index contributed by atoms with van der Waals surface area (Å²) in [6.07, 6.45) is 0.659. The van der Waals surface area contributed by atoms with Crippen molar-refractivity contribution in [1.29, 1.82) is 0 Å². The summed E-state index contributed by atoms with van der Waals surface area (Å²) in [5.74, 6) is 0.240. The highest BCUT2D eigenvalue weighted by molar-refractivity contribution is 5.65. The summed E-state index contributed by atoms with van der Waals surface area (Å²) in [6.45, 7) is 0.0806. The van der Waals surface area contributed by atoms with Crippen molar-refractivity contribution in [3.8, 4) is 0 Å². The van der Waals surface area contributed by atoms with Crippen LogP contribution in [0.15, 0.2) is 4.79 Å². The highest BCUT2D eigenvalue weighted by Gasteiger charge is 2.07. The fraction of sp³-hybridized carbons (Fsp3) is 0.333. The quantitative estimate of drug-likeness (QED) is 0.502. The molecule has 4 N–H and O–H groups in total. The van der Waals surface area contributed by atoms with E-state index in [1.54, 1.807) is 7.05 Å². The Morgan fingerprint density at radius 2 is 2.42 bits per heavy atom. The molecule has 0 atom stereocenters. The third-order valence-corrected chi connectivity index (χ3v) is 1.44. The van der Waals surface area contributed by atoms with Gasteiger partial charge in [-0.05, 0) is 0 Å². The minimum absolute atomic E-state index is 0.0806. The Morgan fingerprint density at radius 3 is 2.83 bits per heavy atom. The number of anilines is 2. The second kappa shape index (κ2) is 3.12. The van der Waals surface area contributed by atoms with Gasteiger partial charge in [-0.3, -0.25) is 14.6 Å². The molecule has 0 saturated carbocycles. The zero-order valence-corrected chi connectivity index (χ0v) is 6.63. The third-order valence-electron chi connectivity index (χ3n) is 1.44. The van der Waals surface area contributed by atoms with E-state index in [0.29, 0.717) is 6.29 Å². The summed E-state index contributed by atoms with van der Waals surface area (Å²) in [4.78, 5) is 21.2. The molecule has 0 aromatic carbocycles.